The lowest BCUT2D eigenvalue weighted by molar-refractivity contribution is 0.107. The van der Waals surface area contributed by atoms with E-state index in [2.05, 4.69) is 47.7 Å². The molecule has 3 aliphatic heterocycles. The molecule has 5 heteroatoms. The summed E-state index contributed by atoms with van der Waals surface area (Å²) in [5.41, 5.74) is 0. The summed E-state index contributed by atoms with van der Waals surface area (Å²) in [7, 11) is 2.24. The number of piperazine rings is 1. The van der Waals surface area contributed by atoms with Crippen molar-refractivity contribution in [1.29, 1.82) is 0 Å². The molecule has 0 spiro atoms. The van der Waals surface area contributed by atoms with E-state index in [0.717, 1.165) is 12.0 Å². The van der Waals surface area contributed by atoms with Crippen LogP contribution in [0, 0.1) is 5.92 Å². The molecule has 4 nitrogen and oxygen atoms in total. The molecule has 0 amide bonds. The SMILES string of the molecule is CN1CCN(C2CCN(CC3CN(I)C3)C2)CC1. The summed E-state index contributed by atoms with van der Waals surface area (Å²) in [6, 6.07) is 0.842. The van der Waals surface area contributed by atoms with Gasteiger partial charge in [0.1, 0.15) is 0 Å². The molecule has 0 N–H and O–H groups in total. The van der Waals surface area contributed by atoms with Crippen LogP contribution in [0.5, 0.6) is 0 Å². The van der Waals surface area contributed by atoms with Gasteiger partial charge in [-0.25, -0.2) is 3.11 Å². The first-order valence-electron chi connectivity index (χ1n) is 7.26. The van der Waals surface area contributed by atoms with Crippen molar-refractivity contribution >= 4 is 22.9 Å². The first-order chi connectivity index (χ1) is 8.70. The van der Waals surface area contributed by atoms with Crippen LogP contribution >= 0.6 is 22.9 Å². The lowest BCUT2D eigenvalue weighted by atomic mass is 10.0. The van der Waals surface area contributed by atoms with Crippen molar-refractivity contribution in [3.05, 3.63) is 0 Å². The minimum atomic E-state index is 0.842. The van der Waals surface area contributed by atoms with Gasteiger partial charge in [-0.05, 0) is 25.9 Å². The van der Waals surface area contributed by atoms with Crippen LogP contribution in [-0.4, -0.2) is 89.8 Å². The molecule has 3 heterocycles. The first kappa shape index (κ1) is 13.5. The summed E-state index contributed by atoms with van der Waals surface area (Å²) in [4.78, 5) is 7.88. The van der Waals surface area contributed by atoms with E-state index in [1.807, 2.05) is 0 Å². The van der Waals surface area contributed by atoms with Gasteiger partial charge >= 0.3 is 0 Å². The maximum atomic E-state index is 2.73. The predicted molar refractivity (Wildman–Crippen MR) is 83.0 cm³/mol. The molecule has 0 aliphatic carbocycles. The Kier molecular flexibility index (Phi) is 4.45. The van der Waals surface area contributed by atoms with Gasteiger partial charge in [0, 0.05) is 81.3 Å². The summed E-state index contributed by atoms with van der Waals surface area (Å²) in [6.45, 7) is 11.7. The zero-order chi connectivity index (χ0) is 12.5. The van der Waals surface area contributed by atoms with Gasteiger partial charge < -0.3 is 9.80 Å². The van der Waals surface area contributed by atoms with Gasteiger partial charge in [0.15, 0.2) is 0 Å². The number of hydrogen-bond acceptors (Lipinski definition) is 4. The molecule has 3 saturated heterocycles. The van der Waals surface area contributed by atoms with Crippen molar-refractivity contribution in [1.82, 2.24) is 17.8 Å². The molecule has 0 bridgehead atoms. The van der Waals surface area contributed by atoms with Gasteiger partial charge in [0.2, 0.25) is 0 Å². The molecule has 3 fully saturated rings. The molecule has 3 rings (SSSR count). The third-order valence-corrected chi connectivity index (χ3v) is 5.52. The van der Waals surface area contributed by atoms with E-state index < -0.39 is 0 Å². The fraction of sp³-hybridized carbons (Fsp3) is 1.00. The van der Waals surface area contributed by atoms with Crippen molar-refractivity contribution in [2.75, 3.05) is 66.0 Å². The Morgan fingerprint density at radius 1 is 1.00 bits per heavy atom. The topological polar surface area (TPSA) is 13.0 Å². The molecule has 0 radical (unpaired) electrons. The fourth-order valence-corrected chi connectivity index (χ4v) is 4.56. The largest absolute Gasteiger partial charge is 0.304 e. The Morgan fingerprint density at radius 3 is 2.39 bits per heavy atom. The summed E-state index contributed by atoms with van der Waals surface area (Å²) < 4.78 is 2.40. The number of rotatable bonds is 3. The smallest absolute Gasteiger partial charge is 0.0236 e. The molecular formula is C13H25IN4. The third-order valence-electron chi connectivity index (χ3n) is 4.73. The second-order valence-corrected chi connectivity index (χ2v) is 7.60. The van der Waals surface area contributed by atoms with Gasteiger partial charge in [-0.15, -0.1) is 0 Å². The van der Waals surface area contributed by atoms with E-state index in [1.165, 1.54) is 65.3 Å². The maximum absolute atomic E-state index is 2.73. The normalized spacial score (nSPS) is 34.0. The number of hydrogen-bond donors (Lipinski definition) is 0. The molecule has 0 aromatic carbocycles. The predicted octanol–water partition coefficient (Wildman–Crippen LogP) is 0.590. The minimum absolute atomic E-state index is 0.842. The molecule has 0 aromatic heterocycles. The van der Waals surface area contributed by atoms with Crippen LogP contribution in [0.25, 0.3) is 0 Å². The molecule has 18 heavy (non-hydrogen) atoms. The van der Waals surface area contributed by atoms with E-state index in [-0.39, 0.29) is 0 Å². The second kappa shape index (κ2) is 5.91. The van der Waals surface area contributed by atoms with E-state index in [1.54, 1.807) is 0 Å². The van der Waals surface area contributed by atoms with Crippen molar-refractivity contribution < 1.29 is 0 Å². The Balaban J connectivity index is 1.41. The van der Waals surface area contributed by atoms with Crippen LogP contribution < -0.4 is 0 Å². The van der Waals surface area contributed by atoms with Crippen molar-refractivity contribution in [3.8, 4) is 0 Å². The van der Waals surface area contributed by atoms with Crippen molar-refractivity contribution in [2.24, 2.45) is 5.92 Å². The number of nitrogens with zero attached hydrogens (tertiary/aromatic N) is 4. The quantitative estimate of drug-likeness (QED) is 0.537. The highest BCUT2D eigenvalue weighted by Crippen LogP contribution is 2.23. The van der Waals surface area contributed by atoms with E-state index in [0.29, 0.717) is 0 Å². The fourth-order valence-electron chi connectivity index (χ4n) is 3.45. The minimum Gasteiger partial charge on any atom is -0.304 e. The molecule has 1 unspecified atom stereocenters. The zero-order valence-corrected chi connectivity index (χ0v) is 13.6. The second-order valence-electron chi connectivity index (χ2n) is 6.24. The zero-order valence-electron chi connectivity index (χ0n) is 11.4. The van der Waals surface area contributed by atoms with Crippen molar-refractivity contribution in [3.63, 3.8) is 0 Å². The number of likely N-dealkylation sites (N-methyl/N-ethyl adjacent to an activating group) is 1. The Labute approximate surface area is 125 Å². The van der Waals surface area contributed by atoms with E-state index in [4.69, 9.17) is 0 Å². The summed E-state index contributed by atoms with van der Waals surface area (Å²) >= 11 is 2.44. The average Bonchev–Trinajstić information content (AvgIpc) is 2.77. The highest BCUT2D eigenvalue weighted by Gasteiger charge is 2.32. The average molecular weight is 364 g/mol. The number of likely N-dealkylation sites (tertiary alicyclic amines) is 1. The van der Waals surface area contributed by atoms with Gasteiger partial charge in [-0.1, -0.05) is 0 Å². The monoisotopic (exact) mass is 364 g/mol. The van der Waals surface area contributed by atoms with Crippen molar-refractivity contribution in [2.45, 2.75) is 12.5 Å². The molecule has 3 aliphatic rings. The first-order valence-corrected chi connectivity index (χ1v) is 8.23. The Bertz CT molecular complexity index is 274. The lowest BCUT2D eigenvalue weighted by Gasteiger charge is -2.38. The van der Waals surface area contributed by atoms with E-state index >= 15 is 0 Å². The lowest BCUT2D eigenvalue weighted by Crippen LogP contribution is -2.50. The van der Waals surface area contributed by atoms with Crippen LogP contribution in [0.4, 0.5) is 0 Å². The van der Waals surface area contributed by atoms with Crippen LogP contribution in [0.3, 0.4) is 0 Å². The highest BCUT2D eigenvalue weighted by atomic mass is 127. The Hall–Kier alpha value is 0.570. The van der Waals surface area contributed by atoms with Gasteiger partial charge in [0.25, 0.3) is 0 Å². The maximum Gasteiger partial charge on any atom is 0.0236 e. The van der Waals surface area contributed by atoms with Gasteiger partial charge in [0.05, 0.1) is 0 Å². The van der Waals surface area contributed by atoms with Crippen LogP contribution in [-0.2, 0) is 0 Å². The summed E-state index contributed by atoms with van der Waals surface area (Å²) in [5.74, 6) is 0.938. The Morgan fingerprint density at radius 2 is 1.72 bits per heavy atom. The summed E-state index contributed by atoms with van der Waals surface area (Å²) in [5, 5.41) is 0. The summed E-state index contributed by atoms with van der Waals surface area (Å²) in [6.07, 6.45) is 1.39. The molecular weight excluding hydrogens is 339 g/mol. The van der Waals surface area contributed by atoms with Crippen LogP contribution in [0.1, 0.15) is 6.42 Å². The highest BCUT2D eigenvalue weighted by molar-refractivity contribution is 14.1. The van der Waals surface area contributed by atoms with Gasteiger partial charge in [-0.3, -0.25) is 4.90 Å². The third kappa shape index (κ3) is 3.17. The van der Waals surface area contributed by atoms with Gasteiger partial charge in [-0.2, -0.15) is 0 Å². The number of halogens is 1. The molecule has 104 valence electrons. The molecule has 0 aromatic rings. The van der Waals surface area contributed by atoms with E-state index in [9.17, 15) is 0 Å². The van der Waals surface area contributed by atoms with Crippen LogP contribution in [0.15, 0.2) is 0 Å². The molecule has 0 saturated carbocycles. The standard InChI is InChI=1S/C13H25IN4/c1-15-4-6-17(7-5-15)13-2-3-16(11-13)8-12-9-18(14)10-12/h12-13H,2-11H2,1H3. The molecule has 1 atom stereocenters. The van der Waals surface area contributed by atoms with Crippen LogP contribution in [0.2, 0.25) is 0 Å².